The first kappa shape index (κ1) is 24.4. The van der Waals surface area contributed by atoms with E-state index in [0.29, 0.717) is 11.4 Å². The smallest absolute Gasteiger partial charge is 0.409 e. The van der Waals surface area contributed by atoms with Crippen molar-refractivity contribution in [3.8, 4) is 16.9 Å². The van der Waals surface area contributed by atoms with Crippen molar-refractivity contribution in [2.75, 3.05) is 4.31 Å². The zero-order chi connectivity index (χ0) is 23.3. The number of carbonyl (C=O) groups is 2. The first-order valence-corrected chi connectivity index (χ1v) is 10.8. The van der Waals surface area contributed by atoms with Crippen molar-refractivity contribution >= 4 is 29.0 Å². The van der Waals surface area contributed by atoms with Gasteiger partial charge in [-0.25, -0.2) is 13.8 Å². The van der Waals surface area contributed by atoms with Crippen LogP contribution in [0.5, 0.6) is 5.75 Å². The fraction of sp³-hybridized carbons (Fsp3) is 0.364. The second kappa shape index (κ2) is 9.93. The van der Waals surface area contributed by atoms with Gasteiger partial charge in [-0.2, -0.15) is 0 Å². The molecule has 0 spiro atoms. The minimum Gasteiger partial charge on any atom is -0.458 e. The van der Waals surface area contributed by atoms with Crippen LogP contribution in [-0.2, 0) is 20.8 Å². The van der Waals surface area contributed by atoms with Gasteiger partial charge in [0.15, 0.2) is 0 Å². The van der Waals surface area contributed by atoms with E-state index < -0.39 is 35.0 Å². The minimum absolute atomic E-state index is 0.275. The van der Waals surface area contributed by atoms with Crippen LogP contribution in [0.25, 0.3) is 11.1 Å². The maximum absolute atomic E-state index is 12.8. The highest BCUT2D eigenvalue weighted by Crippen LogP contribution is 2.29. The summed E-state index contributed by atoms with van der Waals surface area (Å²) in [6.07, 6.45) is -0.890. The first-order chi connectivity index (χ1) is 14.4. The monoisotopic (exact) mass is 448 g/mol. The van der Waals surface area contributed by atoms with E-state index in [9.17, 15) is 18.4 Å². The Kier molecular flexibility index (Phi) is 7.80. The molecule has 0 heterocycles. The van der Waals surface area contributed by atoms with Gasteiger partial charge in [0.25, 0.3) is 11.3 Å². The van der Waals surface area contributed by atoms with Crippen LogP contribution in [0.2, 0.25) is 0 Å². The SMILES string of the molecule is CC(C)C(C(=O)OC(C)(C)C)N(c1ccc(-c2ccc(OC(N)=O)cc2)cc1)S(=O)O. The van der Waals surface area contributed by atoms with E-state index in [2.05, 4.69) is 0 Å². The first-order valence-electron chi connectivity index (χ1n) is 9.70. The second-order valence-corrected chi connectivity index (χ2v) is 9.13. The van der Waals surface area contributed by atoms with E-state index in [1.807, 2.05) is 0 Å². The lowest BCUT2D eigenvalue weighted by atomic mass is 10.0. The van der Waals surface area contributed by atoms with Gasteiger partial charge in [-0.1, -0.05) is 38.1 Å². The van der Waals surface area contributed by atoms with Crippen molar-refractivity contribution in [1.82, 2.24) is 0 Å². The Hall–Kier alpha value is -2.91. The third kappa shape index (κ3) is 6.80. The summed E-state index contributed by atoms with van der Waals surface area (Å²) in [6, 6.07) is 12.7. The van der Waals surface area contributed by atoms with Crippen LogP contribution in [0.3, 0.4) is 0 Å². The normalized spacial score (nSPS) is 13.4. The van der Waals surface area contributed by atoms with Gasteiger partial charge in [-0.15, -0.1) is 0 Å². The molecule has 0 saturated heterocycles. The van der Waals surface area contributed by atoms with Crippen molar-refractivity contribution in [1.29, 1.82) is 0 Å². The summed E-state index contributed by atoms with van der Waals surface area (Å²) >= 11 is -2.44. The van der Waals surface area contributed by atoms with Crippen LogP contribution in [0.1, 0.15) is 34.6 Å². The molecule has 1 amide bonds. The predicted octanol–water partition coefficient (Wildman–Crippen LogP) is 4.12. The summed E-state index contributed by atoms with van der Waals surface area (Å²) in [6.45, 7) is 8.82. The van der Waals surface area contributed by atoms with Gasteiger partial charge >= 0.3 is 12.1 Å². The Bertz CT molecular complexity index is 936. The van der Waals surface area contributed by atoms with Crippen molar-refractivity contribution in [2.45, 2.75) is 46.3 Å². The van der Waals surface area contributed by atoms with E-state index in [4.69, 9.17) is 15.2 Å². The van der Waals surface area contributed by atoms with Gasteiger partial charge < -0.3 is 15.2 Å². The molecular weight excluding hydrogens is 420 g/mol. The molecule has 168 valence electrons. The number of hydrogen-bond acceptors (Lipinski definition) is 5. The highest BCUT2D eigenvalue weighted by atomic mass is 32.2. The number of amides is 1. The molecule has 0 aliphatic carbocycles. The summed E-state index contributed by atoms with van der Waals surface area (Å²) < 4.78 is 33.6. The fourth-order valence-corrected chi connectivity index (χ4v) is 3.81. The van der Waals surface area contributed by atoms with Crippen LogP contribution in [-0.4, -0.2) is 32.5 Å². The van der Waals surface area contributed by atoms with E-state index in [1.54, 1.807) is 83.1 Å². The number of anilines is 1. The number of ether oxygens (including phenoxy) is 2. The summed E-state index contributed by atoms with van der Waals surface area (Å²) in [5.74, 6) is -0.519. The van der Waals surface area contributed by atoms with Crippen LogP contribution in [0.4, 0.5) is 10.5 Å². The van der Waals surface area contributed by atoms with Crippen LogP contribution >= 0.6 is 0 Å². The molecule has 8 nitrogen and oxygen atoms in total. The zero-order valence-electron chi connectivity index (χ0n) is 18.2. The van der Waals surface area contributed by atoms with E-state index in [-0.39, 0.29) is 5.92 Å². The summed E-state index contributed by atoms with van der Waals surface area (Å²) in [4.78, 5) is 23.6. The highest BCUT2D eigenvalue weighted by Gasteiger charge is 2.36. The molecule has 0 aliphatic heterocycles. The van der Waals surface area contributed by atoms with Crippen LogP contribution < -0.4 is 14.8 Å². The quantitative estimate of drug-likeness (QED) is 0.486. The Morgan fingerprint density at radius 2 is 1.48 bits per heavy atom. The van der Waals surface area contributed by atoms with Gasteiger partial charge in [0.05, 0.1) is 5.69 Å². The van der Waals surface area contributed by atoms with Crippen LogP contribution in [0.15, 0.2) is 48.5 Å². The average molecular weight is 449 g/mol. The van der Waals surface area contributed by atoms with E-state index in [1.165, 1.54) is 0 Å². The van der Waals surface area contributed by atoms with Gasteiger partial charge in [0.1, 0.15) is 17.4 Å². The standard InChI is InChI=1S/C22H28N2O6S/c1-14(2)19(20(25)30-22(3,4)5)24(31(27)28)17-10-6-15(7-11-17)16-8-12-18(13-9-16)29-21(23)26/h6-14,19H,1-5H3,(H2,23,26)(H,27,28). The molecule has 2 aromatic carbocycles. The Morgan fingerprint density at radius 3 is 1.87 bits per heavy atom. The van der Waals surface area contributed by atoms with E-state index >= 15 is 0 Å². The molecule has 9 heteroatoms. The topological polar surface area (TPSA) is 119 Å². The summed E-state index contributed by atoms with van der Waals surface area (Å²) in [5.41, 5.74) is 6.35. The van der Waals surface area contributed by atoms with E-state index in [0.717, 1.165) is 15.4 Å². The lowest BCUT2D eigenvalue weighted by Gasteiger charge is -2.33. The molecule has 0 fully saturated rings. The van der Waals surface area contributed by atoms with Crippen molar-refractivity contribution in [3.05, 3.63) is 48.5 Å². The maximum Gasteiger partial charge on any atom is 0.409 e. The number of primary amides is 1. The molecule has 3 N–H and O–H groups in total. The van der Waals surface area contributed by atoms with Gasteiger partial charge in [0, 0.05) is 0 Å². The Balaban J connectivity index is 2.32. The van der Waals surface area contributed by atoms with Crippen molar-refractivity contribution in [3.63, 3.8) is 0 Å². The van der Waals surface area contributed by atoms with Gasteiger partial charge in [-0.3, -0.25) is 8.86 Å². The number of benzene rings is 2. The Labute approximate surface area is 184 Å². The van der Waals surface area contributed by atoms with Crippen LogP contribution in [0, 0.1) is 5.92 Å². The van der Waals surface area contributed by atoms with Crippen molar-refractivity contribution in [2.24, 2.45) is 11.7 Å². The number of hydrogen-bond donors (Lipinski definition) is 2. The molecule has 0 aliphatic rings. The molecular formula is C22H28N2O6S. The third-order valence-corrected chi connectivity index (χ3v) is 5.00. The predicted molar refractivity (Wildman–Crippen MR) is 120 cm³/mol. The van der Waals surface area contributed by atoms with Gasteiger partial charge in [-0.05, 0) is 62.1 Å². The minimum atomic E-state index is -2.44. The summed E-state index contributed by atoms with van der Waals surface area (Å²) in [5, 5.41) is 0. The number of rotatable bonds is 7. The van der Waals surface area contributed by atoms with Crippen molar-refractivity contribution < 1.29 is 27.8 Å². The molecule has 0 bridgehead atoms. The Morgan fingerprint density at radius 1 is 1.00 bits per heavy atom. The number of nitrogens with zero attached hydrogens (tertiary/aromatic N) is 1. The molecule has 0 aromatic heterocycles. The average Bonchev–Trinajstić information content (AvgIpc) is 2.64. The largest absolute Gasteiger partial charge is 0.458 e. The second-order valence-electron chi connectivity index (χ2n) is 8.27. The third-order valence-electron chi connectivity index (χ3n) is 4.23. The number of esters is 1. The summed E-state index contributed by atoms with van der Waals surface area (Å²) in [7, 11) is 0. The molecule has 0 radical (unpaired) electrons. The molecule has 31 heavy (non-hydrogen) atoms. The lowest BCUT2D eigenvalue weighted by Crippen LogP contribution is -2.48. The molecule has 2 rings (SSSR count). The highest BCUT2D eigenvalue weighted by molar-refractivity contribution is 7.80. The molecule has 2 atom stereocenters. The maximum atomic E-state index is 12.8. The lowest BCUT2D eigenvalue weighted by molar-refractivity contribution is -0.157. The van der Waals surface area contributed by atoms with Gasteiger partial charge in [0.2, 0.25) is 0 Å². The molecule has 2 unspecified atom stereocenters. The number of nitrogens with two attached hydrogens (primary N) is 1. The molecule has 2 aromatic rings. The zero-order valence-corrected chi connectivity index (χ0v) is 19.0. The number of carbonyl (C=O) groups excluding carboxylic acids is 2. The molecule has 0 saturated carbocycles. The fourth-order valence-electron chi connectivity index (χ4n) is 2.98.